The molecule has 0 saturated heterocycles. The number of rotatable bonds is 5. The molecule has 0 heterocycles. The lowest BCUT2D eigenvalue weighted by atomic mass is 9.84. The van der Waals surface area contributed by atoms with Gasteiger partial charge in [-0.2, -0.15) is 0 Å². The van der Waals surface area contributed by atoms with Crippen LogP contribution >= 0.6 is 0 Å². The summed E-state index contributed by atoms with van der Waals surface area (Å²) in [5.74, 6) is 0.881. The first-order chi connectivity index (χ1) is 6.36. The van der Waals surface area contributed by atoms with Gasteiger partial charge in [-0.1, -0.05) is 26.2 Å². The maximum absolute atomic E-state index is 9.98. The van der Waals surface area contributed by atoms with Gasteiger partial charge < -0.3 is 4.74 Å². The first kappa shape index (κ1) is 10.6. The van der Waals surface area contributed by atoms with Crippen LogP contribution in [0.15, 0.2) is 0 Å². The molecule has 2 heteroatoms. The quantitative estimate of drug-likeness (QED) is 0.655. The van der Waals surface area contributed by atoms with Crippen molar-refractivity contribution in [3.63, 3.8) is 0 Å². The molecule has 0 atom stereocenters. The molecule has 0 spiro atoms. The molecule has 0 aliphatic heterocycles. The summed E-state index contributed by atoms with van der Waals surface area (Å²) in [5, 5.41) is 0. The van der Waals surface area contributed by atoms with Crippen LogP contribution in [-0.4, -0.2) is 12.6 Å². The highest BCUT2D eigenvalue weighted by atomic mass is 16.5. The average molecular weight is 183 g/mol. The fraction of sp³-hybridized carbons (Fsp3) is 0.909. The smallest absolute Gasteiger partial charge is 0.417 e. The predicted molar refractivity (Wildman–Crippen MR) is 52.0 cm³/mol. The van der Waals surface area contributed by atoms with E-state index >= 15 is 0 Å². The predicted octanol–water partition coefficient (Wildman–Crippen LogP) is 2.82. The van der Waals surface area contributed by atoms with Crippen molar-refractivity contribution in [2.24, 2.45) is 5.92 Å². The second-order valence-electron chi connectivity index (χ2n) is 3.99. The summed E-state index contributed by atoms with van der Waals surface area (Å²) in [7, 11) is 0. The van der Waals surface area contributed by atoms with Gasteiger partial charge in [-0.25, -0.2) is 4.79 Å². The molecule has 0 amide bonds. The Hall–Kier alpha value is -0.530. The summed E-state index contributed by atoms with van der Waals surface area (Å²) in [6, 6.07) is 0. The zero-order chi connectivity index (χ0) is 9.52. The second-order valence-corrected chi connectivity index (χ2v) is 3.99. The first-order valence-corrected chi connectivity index (χ1v) is 5.39. The lowest BCUT2D eigenvalue weighted by molar-refractivity contribution is 0.111. The van der Waals surface area contributed by atoms with Crippen molar-refractivity contribution in [2.45, 2.75) is 58.0 Å². The minimum absolute atomic E-state index is 0.162. The Balaban J connectivity index is 2.11. The van der Waals surface area contributed by atoms with Gasteiger partial charge in [-0.15, -0.1) is 0 Å². The van der Waals surface area contributed by atoms with E-state index in [1.54, 1.807) is 6.47 Å². The van der Waals surface area contributed by atoms with Crippen LogP contribution in [0.25, 0.3) is 0 Å². The van der Waals surface area contributed by atoms with Crippen LogP contribution in [0.1, 0.15) is 51.9 Å². The SMILES string of the molecule is CCCC[C@H]1CC[C@H](O[C]=O)CC1. The monoisotopic (exact) mass is 183 g/mol. The zero-order valence-electron chi connectivity index (χ0n) is 8.42. The summed E-state index contributed by atoms with van der Waals surface area (Å²) >= 11 is 0. The molecule has 1 radical (unpaired) electrons. The van der Waals surface area contributed by atoms with Gasteiger partial charge in [-0.05, 0) is 31.6 Å². The van der Waals surface area contributed by atoms with Crippen molar-refractivity contribution in [3.05, 3.63) is 0 Å². The van der Waals surface area contributed by atoms with E-state index in [9.17, 15) is 4.79 Å². The highest BCUT2D eigenvalue weighted by molar-refractivity contribution is 5.38. The van der Waals surface area contributed by atoms with Crippen LogP contribution in [-0.2, 0) is 9.53 Å². The van der Waals surface area contributed by atoms with Crippen LogP contribution in [0.3, 0.4) is 0 Å². The fourth-order valence-electron chi connectivity index (χ4n) is 2.10. The topological polar surface area (TPSA) is 26.3 Å². The van der Waals surface area contributed by atoms with Crippen molar-refractivity contribution in [1.29, 1.82) is 0 Å². The molecule has 1 fully saturated rings. The molecule has 13 heavy (non-hydrogen) atoms. The largest absolute Gasteiger partial charge is 0.454 e. The Morgan fingerprint density at radius 1 is 1.31 bits per heavy atom. The fourth-order valence-corrected chi connectivity index (χ4v) is 2.10. The number of ether oxygens (including phenoxy) is 1. The Bertz CT molecular complexity index is 137. The first-order valence-electron chi connectivity index (χ1n) is 5.39. The summed E-state index contributed by atoms with van der Waals surface area (Å²) in [4.78, 5) is 9.98. The summed E-state index contributed by atoms with van der Waals surface area (Å²) in [5.41, 5.74) is 0. The van der Waals surface area contributed by atoms with E-state index in [-0.39, 0.29) is 6.10 Å². The molecule has 2 nitrogen and oxygen atoms in total. The molecular formula is C11H19O2. The van der Waals surface area contributed by atoms with Gasteiger partial charge in [0, 0.05) is 0 Å². The van der Waals surface area contributed by atoms with Crippen molar-refractivity contribution in [1.82, 2.24) is 0 Å². The molecular weight excluding hydrogens is 164 g/mol. The third kappa shape index (κ3) is 3.79. The van der Waals surface area contributed by atoms with E-state index in [1.807, 2.05) is 0 Å². The highest BCUT2D eigenvalue weighted by Gasteiger charge is 2.21. The molecule has 75 valence electrons. The average Bonchev–Trinajstić information content (AvgIpc) is 2.17. The molecule has 1 saturated carbocycles. The Morgan fingerprint density at radius 2 is 2.00 bits per heavy atom. The molecule has 0 aromatic carbocycles. The van der Waals surface area contributed by atoms with Gasteiger partial charge in [-0.3, -0.25) is 0 Å². The maximum Gasteiger partial charge on any atom is 0.417 e. The highest BCUT2D eigenvalue weighted by Crippen LogP contribution is 2.29. The third-order valence-electron chi connectivity index (χ3n) is 2.97. The van der Waals surface area contributed by atoms with E-state index in [0.717, 1.165) is 18.8 Å². The van der Waals surface area contributed by atoms with Gasteiger partial charge >= 0.3 is 6.47 Å². The van der Waals surface area contributed by atoms with E-state index < -0.39 is 0 Å². The summed E-state index contributed by atoms with van der Waals surface area (Å²) in [6.45, 7) is 3.78. The minimum Gasteiger partial charge on any atom is -0.454 e. The van der Waals surface area contributed by atoms with E-state index in [2.05, 4.69) is 6.92 Å². The van der Waals surface area contributed by atoms with E-state index in [0.29, 0.717) is 0 Å². The van der Waals surface area contributed by atoms with Crippen molar-refractivity contribution in [2.75, 3.05) is 0 Å². The molecule has 1 rings (SSSR count). The Labute approximate surface area is 80.7 Å². The van der Waals surface area contributed by atoms with Crippen LogP contribution < -0.4 is 0 Å². The van der Waals surface area contributed by atoms with Gasteiger partial charge in [0.15, 0.2) is 0 Å². The Morgan fingerprint density at radius 3 is 2.54 bits per heavy atom. The molecule has 0 N–H and O–H groups in total. The molecule has 0 bridgehead atoms. The van der Waals surface area contributed by atoms with Crippen molar-refractivity contribution in [3.8, 4) is 0 Å². The second kappa shape index (κ2) is 6.01. The van der Waals surface area contributed by atoms with Crippen molar-refractivity contribution < 1.29 is 9.53 Å². The number of unbranched alkanes of at least 4 members (excludes halogenated alkanes) is 1. The van der Waals surface area contributed by atoms with Crippen molar-refractivity contribution >= 4 is 6.47 Å². The number of carbonyl (C=O) groups excluding carboxylic acids is 1. The maximum atomic E-state index is 9.98. The number of hydrogen-bond acceptors (Lipinski definition) is 2. The van der Waals surface area contributed by atoms with Crippen LogP contribution in [0, 0.1) is 5.92 Å². The van der Waals surface area contributed by atoms with E-state index in [4.69, 9.17) is 4.74 Å². The number of hydrogen-bond donors (Lipinski definition) is 0. The molecule has 0 aromatic rings. The van der Waals surface area contributed by atoms with E-state index in [1.165, 1.54) is 32.1 Å². The van der Waals surface area contributed by atoms with Gasteiger partial charge in [0.05, 0.1) is 0 Å². The summed E-state index contributed by atoms with van der Waals surface area (Å²) in [6.07, 6.45) is 8.70. The van der Waals surface area contributed by atoms with Gasteiger partial charge in [0.2, 0.25) is 0 Å². The Kier molecular flexibility index (Phi) is 4.87. The molecule has 0 unspecified atom stereocenters. The van der Waals surface area contributed by atoms with Gasteiger partial charge in [0.25, 0.3) is 0 Å². The van der Waals surface area contributed by atoms with Gasteiger partial charge in [0.1, 0.15) is 6.10 Å². The normalized spacial score (nSPS) is 28.4. The van der Waals surface area contributed by atoms with Crippen LogP contribution in [0.5, 0.6) is 0 Å². The lowest BCUT2D eigenvalue weighted by Gasteiger charge is -2.26. The van der Waals surface area contributed by atoms with Crippen LogP contribution in [0.2, 0.25) is 0 Å². The standard InChI is InChI=1S/C11H19O2/c1-2-3-4-10-5-7-11(8-6-10)13-9-12/h10-11H,2-8H2,1H3/t10-,11-. The molecule has 0 aromatic heterocycles. The van der Waals surface area contributed by atoms with Crippen LogP contribution in [0.4, 0.5) is 0 Å². The minimum atomic E-state index is 0.162. The molecule has 1 aliphatic rings. The summed E-state index contributed by atoms with van der Waals surface area (Å²) < 4.78 is 4.83. The third-order valence-corrected chi connectivity index (χ3v) is 2.97. The molecule has 1 aliphatic carbocycles. The zero-order valence-corrected chi connectivity index (χ0v) is 8.42. The lowest BCUT2D eigenvalue weighted by Crippen LogP contribution is -2.21.